The summed E-state index contributed by atoms with van der Waals surface area (Å²) < 4.78 is 33.3. The molecule has 1 heterocycles. The summed E-state index contributed by atoms with van der Waals surface area (Å²) in [6.07, 6.45) is 0. The smallest absolute Gasteiger partial charge is 0.262 e. The summed E-state index contributed by atoms with van der Waals surface area (Å²) in [4.78, 5) is 12.6. The molecule has 0 aliphatic heterocycles. The van der Waals surface area contributed by atoms with E-state index in [9.17, 15) is 13.2 Å². The van der Waals surface area contributed by atoms with Gasteiger partial charge in [-0.2, -0.15) is 15.4 Å². The van der Waals surface area contributed by atoms with Gasteiger partial charge in [0.2, 0.25) is 0 Å². The third-order valence-corrected chi connectivity index (χ3v) is 5.70. The van der Waals surface area contributed by atoms with Crippen LogP contribution in [0.5, 0.6) is 5.75 Å². The van der Waals surface area contributed by atoms with Gasteiger partial charge in [-0.1, -0.05) is 18.2 Å². The van der Waals surface area contributed by atoms with E-state index in [1.807, 2.05) is 0 Å². The summed E-state index contributed by atoms with van der Waals surface area (Å²) in [6.45, 7) is 0. The van der Waals surface area contributed by atoms with Gasteiger partial charge in [-0.05, 0) is 48.5 Å². The number of H-pyrrole nitrogens is 1. The Kier molecular flexibility index (Phi) is 5.07. The number of benzene rings is 3. The molecular weight excluding hydrogens is 406 g/mol. The predicted molar refractivity (Wildman–Crippen MR) is 112 cm³/mol. The summed E-state index contributed by atoms with van der Waals surface area (Å²) in [6, 6.07) is 17.5. The van der Waals surface area contributed by atoms with Crippen LogP contribution in [0.15, 0.2) is 71.6 Å². The molecule has 1 aromatic heterocycles. The monoisotopic (exact) mass is 423 g/mol. The number of hydrogen-bond donors (Lipinski definition) is 3. The number of carbonyl (C=O) groups is 1. The molecule has 0 bridgehead atoms. The molecular formula is C20H17N5O4S. The lowest BCUT2D eigenvalue weighted by molar-refractivity contribution is 0.102. The average molecular weight is 423 g/mol. The Hall–Kier alpha value is -3.92. The van der Waals surface area contributed by atoms with Gasteiger partial charge in [-0.3, -0.25) is 9.52 Å². The van der Waals surface area contributed by atoms with Crippen LogP contribution >= 0.6 is 0 Å². The van der Waals surface area contributed by atoms with Gasteiger partial charge in [0.1, 0.15) is 16.8 Å². The Morgan fingerprint density at radius 2 is 1.77 bits per heavy atom. The molecule has 0 saturated heterocycles. The van der Waals surface area contributed by atoms with Crippen LogP contribution < -0.4 is 14.8 Å². The lowest BCUT2D eigenvalue weighted by Gasteiger charge is -2.12. The van der Waals surface area contributed by atoms with Crippen molar-refractivity contribution in [3.63, 3.8) is 0 Å². The van der Waals surface area contributed by atoms with Gasteiger partial charge < -0.3 is 10.1 Å². The highest BCUT2D eigenvalue weighted by atomic mass is 32.2. The zero-order chi connectivity index (χ0) is 21.1. The summed E-state index contributed by atoms with van der Waals surface area (Å²) in [5, 5.41) is 13.1. The van der Waals surface area contributed by atoms with Gasteiger partial charge >= 0.3 is 0 Å². The Bertz CT molecular complexity index is 1330. The van der Waals surface area contributed by atoms with Crippen LogP contribution in [0.25, 0.3) is 11.0 Å². The minimum Gasteiger partial charge on any atom is -0.495 e. The molecule has 9 nitrogen and oxygen atoms in total. The van der Waals surface area contributed by atoms with E-state index in [2.05, 4.69) is 25.4 Å². The van der Waals surface area contributed by atoms with Crippen LogP contribution in [0.3, 0.4) is 0 Å². The van der Waals surface area contributed by atoms with E-state index in [-0.39, 0.29) is 4.90 Å². The van der Waals surface area contributed by atoms with E-state index in [4.69, 9.17) is 4.74 Å². The lowest BCUT2D eigenvalue weighted by Crippen LogP contribution is -2.15. The summed E-state index contributed by atoms with van der Waals surface area (Å²) in [5.41, 5.74) is 2.22. The van der Waals surface area contributed by atoms with Crippen molar-refractivity contribution in [1.82, 2.24) is 15.4 Å². The van der Waals surface area contributed by atoms with Crippen molar-refractivity contribution in [2.45, 2.75) is 4.90 Å². The van der Waals surface area contributed by atoms with Crippen molar-refractivity contribution in [2.75, 3.05) is 17.1 Å². The number of methoxy groups -OCH3 is 1. The molecule has 0 fully saturated rings. The van der Waals surface area contributed by atoms with Gasteiger partial charge in [0.15, 0.2) is 0 Å². The second-order valence-corrected chi connectivity index (χ2v) is 8.00. The topological polar surface area (TPSA) is 126 Å². The molecule has 3 aromatic carbocycles. The first-order chi connectivity index (χ1) is 14.5. The van der Waals surface area contributed by atoms with Gasteiger partial charge in [0.05, 0.1) is 17.7 Å². The minimum atomic E-state index is -3.89. The number of fused-ring (bicyclic) bond motifs is 1. The first kappa shape index (κ1) is 19.4. The quantitative estimate of drug-likeness (QED) is 0.438. The number of amides is 1. The van der Waals surface area contributed by atoms with Crippen molar-refractivity contribution in [3.05, 3.63) is 72.3 Å². The maximum absolute atomic E-state index is 12.8. The number of nitrogens with one attached hydrogen (secondary N) is 3. The van der Waals surface area contributed by atoms with E-state index < -0.39 is 15.9 Å². The maximum Gasteiger partial charge on any atom is 0.262 e. The minimum absolute atomic E-state index is 0.00170. The SMILES string of the molecule is COc1ccccc1NS(=O)(=O)c1cccc(NC(=O)c2ccc3n[nH]nc3c2)c1. The molecule has 10 heteroatoms. The van der Waals surface area contributed by atoms with Crippen LogP contribution in [0.2, 0.25) is 0 Å². The van der Waals surface area contributed by atoms with Crippen molar-refractivity contribution < 1.29 is 17.9 Å². The van der Waals surface area contributed by atoms with Crippen LogP contribution in [0, 0.1) is 0 Å². The fraction of sp³-hybridized carbons (Fsp3) is 0.0500. The number of ether oxygens (including phenoxy) is 1. The number of rotatable bonds is 6. The third-order valence-electron chi connectivity index (χ3n) is 4.33. The van der Waals surface area contributed by atoms with E-state index in [1.54, 1.807) is 54.6 Å². The highest BCUT2D eigenvalue weighted by molar-refractivity contribution is 7.92. The van der Waals surface area contributed by atoms with E-state index in [0.29, 0.717) is 33.7 Å². The normalized spacial score (nSPS) is 11.2. The summed E-state index contributed by atoms with van der Waals surface area (Å²) in [5.74, 6) is 0.000849. The van der Waals surface area contributed by atoms with Crippen molar-refractivity contribution >= 4 is 38.3 Å². The van der Waals surface area contributed by atoms with Crippen molar-refractivity contribution in [3.8, 4) is 5.75 Å². The van der Waals surface area contributed by atoms with Crippen molar-refractivity contribution in [2.24, 2.45) is 0 Å². The molecule has 0 radical (unpaired) electrons. The number of aromatic nitrogens is 3. The van der Waals surface area contributed by atoms with Crippen molar-refractivity contribution in [1.29, 1.82) is 0 Å². The highest BCUT2D eigenvalue weighted by Gasteiger charge is 2.17. The van der Waals surface area contributed by atoms with E-state index in [1.165, 1.54) is 19.2 Å². The lowest BCUT2D eigenvalue weighted by atomic mass is 10.2. The molecule has 30 heavy (non-hydrogen) atoms. The summed E-state index contributed by atoms with van der Waals surface area (Å²) >= 11 is 0. The highest BCUT2D eigenvalue weighted by Crippen LogP contribution is 2.27. The molecule has 152 valence electrons. The standard InChI is InChI=1S/C20H17N5O4S/c1-29-19-8-3-2-7-17(19)24-30(27,28)15-6-4-5-14(12-15)21-20(26)13-9-10-16-18(11-13)23-25-22-16/h2-12,24H,1H3,(H,21,26)(H,22,23,25). The first-order valence-corrected chi connectivity index (χ1v) is 10.3. The summed E-state index contributed by atoms with van der Waals surface area (Å²) in [7, 11) is -2.44. The van der Waals surface area contributed by atoms with Gasteiger partial charge in [0, 0.05) is 11.3 Å². The van der Waals surface area contributed by atoms with E-state index >= 15 is 0 Å². The number of hydrogen-bond acceptors (Lipinski definition) is 6. The zero-order valence-corrected chi connectivity index (χ0v) is 16.6. The Morgan fingerprint density at radius 1 is 0.967 bits per heavy atom. The van der Waals surface area contributed by atoms with Gasteiger partial charge in [-0.15, -0.1) is 0 Å². The van der Waals surface area contributed by atoms with Crippen LogP contribution in [0.1, 0.15) is 10.4 Å². The number of aromatic amines is 1. The fourth-order valence-electron chi connectivity index (χ4n) is 2.86. The third kappa shape index (κ3) is 3.94. The second kappa shape index (κ2) is 7.84. The number of anilines is 2. The molecule has 0 unspecified atom stereocenters. The second-order valence-electron chi connectivity index (χ2n) is 6.31. The molecule has 1 amide bonds. The van der Waals surface area contributed by atoms with Gasteiger partial charge in [0.25, 0.3) is 15.9 Å². The predicted octanol–water partition coefficient (Wildman–Crippen LogP) is 3.02. The maximum atomic E-state index is 12.8. The molecule has 4 aromatic rings. The largest absolute Gasteiger partial charge is 0.495 e. The van der Waals surface area contributed by atoms with Crippen LogP contribution in [-0.2, 0) is 10.0 Å². The molecule has 0 spiro atoms. The average Bonchev–Trinajstić information content (AvgIpc) is 3.22. The van der Waals surface area contributed by atoms with E-state index in [0.717, 1.165) is 0 Å². The number of sulfonamides is 1. The van der Waals surface area contributed by atoms with Gasteiger partial charge in [-0.25, -0.2) is 8.42 Å². The first-order valence-electron chi connectivity index (χ1n) is 8.84. The molecule has 4 rings (SSSR count). The Labute approximate surface area is 172 Å². The fourth-order valence-corrected chi connectivity index (χ4v) is 3.97. The number of nitrogens with zero attached hydrogens (tertiary/aromatic N) is 2. The molecule has 3 N–H and O–H groups in total. The molecule has 0 saturated carbocycles. The zero-order valence-electron chi connectivity index (χ0n) is 15.8. The molecule has 0 aliphatic rings. The Balaban J connectivity index is 1.56. The number of para-hydroxylation sites is 2. The number of carbonyl (C=O) groups excluding carboxylic acids is 1. The molecule has 0 atom stereocenters. The Morgan fingerprint density at radius 3 is 2.60 bits per heavy atom. The van der Waals surface area contributed by atoms with Crippen LogP contribution in [0.4, 0.5) is 11.4 Å². The molecule has 0 aliphatic carbocycles. The van der Waals surface area contributed by atoms with Crippen LogP contribution in [-0.4, -0.2) is 36.8 Å².